The number of carbonyl (C=O) groups excluding carboxylic acids is 2. The molecule has 0 aliphatic heterocycles. The molecule has 0 aliphatic rings. The fraction of sp³-hybridized carbons (Fsp3) is 0.385. The number of nitro benzene ring substituents is 2. The molecule has 11 heteroatoms. The summed E-state index contributed by atoms with van der Waals surface area (Å²) in [6.07, 6.45) is -1.99. The molecular weight excluding hydrogens is 326 g/mol. The van der Waals surface area contributed by atoms with Crippen molar-refractivity contribution in [2.45, 2.75) is 26.4 Å². The summed E-state index contributed by atoms with van der Waals surface area (Å²) in [7, 11) is 0. The highest BCUT2D eigenvalue weighted by Gasteiger charge is 2.19. The summed E-state index contributed by atoms with van der Waals surface area (Å²) in [4.78, 5) is 42.8. The number of esters is 1. The first kappa shape index (κ1) is 18.8. The highest BCUT2D eigenvalue weighted by Crippen LogP contribution is 2.26. The van der Waals surface area contributed by atoms with Crippen molar-refractivity contribution < 1.29 is 28.9 Å². The molecule has 24 heavy (non-hydrogen) atoms. The molecule has 0 radical (unpaired) electrons. The van der Waals surface area contributed by atoms with E-state index in [2.05, 4.69) is 5.32 Å². The van der Waals surface area contributed by atoms with E-state index >= 15 is 0 Å². The average molecular weight is 341 g/mol. The lowest BCUT2D eigenvalue weighted by Crippen LogP contribution is -2.23. The Kier molecular flexibility index (Phi) is 6.59. The predicted molar refractivity (Wildman–Crippen MR) is 80.6 cm³/mol. The van der Waals surface area contributed by atoms with Gasteiger partial charge in [-0.3, -0.25) is 30.3 Å². The Balaban J connectivity index is 2.77. The van der Waals surface area contributed by atoms with Gasteiger partial charge in [0.2, 0.25) is 0 Å². The minimum Gasteiger partial charge on any atom is -0.466 e. The quantitative estimate of drug-likeness (QED) is 0.451. The van der Waals surface area contributed by atoms with Crippen LogP contribution in [-0.4, -0.2) is 34.6 Å². The SMILES string of the molecule is CCOC(=O)CC(C)OC(=O)Nc1cc([N+](=O)[O-])cc([N+](=O)[O-])c1. The number of nitrogens with one attached hydrogen (secondary N) is 1. The van der Waals surface area contributed by atoms with Crippen molar-refractivity contribution in [2.75, 3.05) is 11.9 Å². The van der Waals surface area contributed by atoms with Gasteiger partial charge in [0.25, 0.3) is 11.4 Å². The van der Waals surface area contributed by atoms with E-state index in [4.69, 9.17) is 9.47 Å². The van der Waals surface area contributed by atoms with Crippen LogP contribution in [0.3, 0.4) is 0 Å². The van der Waals surface area contributed by atoms with Crippen LogP contribution < -0.4 is 5.32 Å². The van der Waals surface area contributed by atoms with Crippen molar-refractivity contribution >= 4 is 29.1 Å². The van der Waals surface area contributed by atoms with E-state index in [0.717, 1.165) is 18.2 Å². The van der Waals surface area contributed by atoms with E-state index < -0.39 is 39.4 Å². The van der Waals surface area contributed by atoms with Crippen LogP contribution in [0.2, 0.25) is 0 Å². The third-order valence-electron chi connectivity index (χ3n) is 2.64. The van der Waals surface area contributed by atoms with Gasteiger partial charge in [-0.2, -0.15) is 0 Å². The lowest BCUT2D eigenvalue weighted by molar-refractivity contribution is -0.394. The van der Waals surface area contributed by atoms with E-state index in [-0.39, 0.29) is 18.7 Å². The van der Waals surface area contributed by atoms with E-state index in [1.165, 1.54) is 6.92 Å². The highest BCUT2D eigenvalue weighted by atomic mass is 16.6. The Labute approximate surface area is 135 Å². The molecule has 0 aromatic heterocycles. The number of amides is 1. The Hall–Kier alpha value is -3.24. The van der Waals surface area contributed by atoms with Gasteiger partial charge >= 0.3 is 12.1 Å². The fourth-order valence-corrected chi connectivity index (χ4v) is 1.70. The van der Waals surface area contributed by atoms with Gasteiger partial charge in [-0.25, -0.2) is 4.79 Å². The molecule has 0 spiro atoms. The molecule has 1 amide bonds. The number of hydrogen-bond donors (Lipinski definition) is 1. The topological polar surface area (TPSA) is 151 Å². The van der Waals surface area contributed by atoms with Crippen molar-refractivity contribution in [1.82, 2.24) is 0 Å². The molecule has 1 atom stereocenters. The predicted octanol–water partition coefficient (Wildman–Crippen LogP) is 2.39. The van der Waals surface area contributed by atoms with Crippen molar-refractivity contribution in [3.05, 3.63) is 38.4 Å². The summed E-state index contributed by atoms with van der Waals surface area (Å²) in [5, 5.41) is 23.7. The molecule has 1 N–H and O–H groups in total. The number of nitrogens with zero attached hydrogens (tertiary/aromatic N) is 2. The zero-order valence-corrected chi connectivity index (χ0v) is 12.9. The Bertz CT molecular complexity index is 628. The van der Waals surface area contributed by atoms with Gasteiger partial charge in [-0.1, -0.05) is 0 Å². The van der Waals surface area contributed by atoms with Crippen LogP contribution in [0.4, 0.5) is 21.9 Å². The smallest absolute Gasteiger partial charge is 0.411 e. The van der Waals surface area contributed by atoms with Crippen molar-refractivity contribution in [3.63, 3.8) is 0 Å². The van der Waals surface area contributed by atoms with Crippen molar-refractivity contribution in [3.8, 4) is 0 Å². The molecule has 0 bridgehead atoms. The number of benzene rings is 1. The lowest BCUT2D eigenvalue weighted by Gasteiger charge is -2.13. The standard InChI is InChI=1S/C13H15N3O8/c1-3-23-12(17)4-8(2)24-13(18)14-9-5-10(15(19)20)7-11(6-9)16(21)22/h5-8H,3-4H2,1-2H3,(H,14,18). The maximum Gasteiger partial charge on any atom is 0.411 e. The normalized spacial score (nSPS) is 11.2. The molecular formula is C13H15N3O8. The summed E-state index contributed by atoms with van der Waals surface area (Å²) in [5.74, 6) is -0.552. The van der Waals surface area contributed by atoms with E-state index in [9.17, 15) is 29.8 Å². The second-order valence-electron chi connectivity index (χ2n) is 4.60. The molecule has 130 valence electrons. The monoisotopic (exact) mass is 341 g/mol. The number of non-ortho nitro benzene ring substituents is 2. The summed E-state index contributed by atoms with van der Waals surface area (Å²) >= 11 is 0. The zero-order chi connectivity index (χ0) is 18.3. The number of carbonyl (C=O) groups is 2. The van der Waals surface area contributed by atoms with Crippen LogP contribution in [0.5, 0.6) is 0 Å². The fourth-order valence-electron chi connectivity index (χ4n) is 1.70. The van der Waals surface area contributed by atoms with Crippen molar-refractivity contribution in [1.29, 1.82) is 0 Å². The molecule has 0 saturated heterocycles. The second-order valence-corrected chi connectivity index (χ2v) is 4.60. The third-order valence-corrected chi connectivity index (χ3v) is 2.64. The number of anilines is 1. The molecule has 1 unspecified atom stereocenters. The largest absolute Gasteiger partial charge is 0.466 e. The van der Waals surface area contributed by atoms with Gasteiger partial charge in [0, 0.05) is 12.1 Å². The first-order valence-corrected chi connectivity index (χ1v) is 6.80. The molecule has 0 aliphatic carbocycles. The minimum absolute atomic E-state index is 0.170. The summed E-state index contributed by atoms with van der Waals surface area (Å²) in [5.41, 5.74) is -1.29. The Morgan fingerprint density at radius 3 is 2.17 bits per heavy atom. The van der Waals surface area contributed by atoms with Crippen LogP contribution in [0.25, 0.3) is 0 Å². The highest BCUT2D eigenvalue weighted by molar-refractivity contribution is 5.86. The molecule has 1 aromatic carbocycles. The Morgan fingerprint density at radius 2 is 1.71 bits per heavy atom. The van der Waals surface area contributed by atoms with Gasteiger partial charge in [0.1, 0.15) is 6.10 Å². The maximum absolute atomic E-state index is 11.7. The number of hydrogen-bond acceptors (Lipinski definition) is 8. The van der Waals surface area contributed by atoms with Gasteiger partial charge in [0.05, 0.1) is 34.6 Å². The average Bonchev–Trinajstić information content (AvgIpc) is 2.46. The minimum atomic E-state index is -1.01. The van der Waals surface area contributed by atoms with E-state index in [0.29, 0.717) is 0 Å². The summed E-state index contributed by atoms with van der Waals surface area (Å²) in [6.45, 7) is 3.27. The first-order chi connectivity index (χ1) is 11.2. The van der Waals surface area contributed by atoms with Crippen molar-refractivity contribution in [2.24, 2.45) is 0 Å². The van der Waals surface area contributed by atoms with Gasteiger partial charge in [-0.05, 0) is 13.8 Å². The van der Waals surface area contributed by atoms with Crippen LogP contribution >= 0.6 is 0 Å². The molecule has 1 aromatic rings. The first-order valence-electron chi connectivity index (χ1n) is 6.80. The summed E-state index contributed by atoms with van der Waals surface area (Å²) in [6, 6.07) is 2.66. The lowest BCUT2D eigenvalue weighted by atomic mass is 10.2. The number of ether oxygens (including phenoxy) is 2. The number of nitro groups is 2. The summed E-state index contributed by atoms with van der Waals surface area (Å²) < 4.78 is 9.58. The molecule has 1 rings (SSSR count). The van der Waals surface area contributed by atoms with E-state index in [1.54, 1.807) is 6.92 Å². The van der Waals surface area contributed by atoms with Crippen LogP contribution in [-0.2, 0) is 14.3 Å². The molecule has 0 saturated carbocycles. The van der Waals surface area contributed by atoms with Crippen LogP contribution in [0.15, 0.2) is 18.2 Å². The molecule has 11 nitrogen and oxygen atoms in total. The van der Waals surface area contributed by atoms with Gasteiger partial charge < -0.3 is 9.47 Å². The molecule has 0 heterocycles. The third kappa shape index (κ3) is 5.87. The van der Waals surface area contributed by atoms with Crippen LogP contribution in [0, 0.1) is 20.2 Å². The van der Waals surface area contributed by atoms with Crippen LogP contribution in [0.1, 0.15) is 20.3 Å². The van der Waals surface area contributed by atoms with E-state index in [1.807, 2.05) is 0 Å². The molecule has 0 fully saturated rings. The second kappa shape index (κ2) is 8.41. The maximum atomic E-state index is 11.7. The zero-order valence-electron chi connectivity index (χ0n) is 12.9. The Morgan fingerprint density at radius 1 is 1.17 bits per heavy atom. The number of rotatable bonds is 7. The van der Waals surface area contributed by atoms with Gasteiger partial charge in [-0.15, -0.1) is 0 Å². The van der Waals surface area contributed by atoms with Gasteiger partial charge in [0.15, 0.2) is 0 Å².